The van der Waals surface area contributed by atoms with Crippen molar-refractivity contribution in [1.29, 1.82) is 0 Å². The summed E-state index contributed by atoms with van der Waals surface area (Å²) in [7, 11) is 4.08. The highest BCUT2D eigenvalue weighted by Gasteiger charge is 2.21. The summed E-state index contributed by atoms with van der Waals surface area (Å²) in [4.78, 5) is 2.32. The van der Waals surface area contributed by atoms with Crippen molar-refractivity contribution in [2.75, 3.05) is 13.6 Å². The number of nitrogens with zero attached hydrogens (tertiary/aromatic N) is 3. The Hall–Kier alpha value is -0.870. The number of hydrogen-bond acceptors (Lipinski definition) is 3. The fourth-order valence-electron chi connectivity index (χ4n) is 2.10. The Bertz CT molecular complexity index is 337. The van der Waals surface area contributed by atoms with Gasteiger partial charge in [0, 0.05) is 37.9 Å². The molecule has 1 aromatic rings. The van der Waals surface area contributed by atoms with Crippen molar-refractivity contribution in [3.8, 4) is 0 Å². The lowest BCUT2D eigenvalue weighted by molar-refractivity contribution is 0.177. The van der Waals surface area contributed by atoms with E-state index in [1.807, 2.05) is 17.9 Å². The van der Waals surface area contributed by atoms with Crippen molar-refractivity contribution in [1.82, 2.24) is 14.7 Å². The van der Waals surface area contributed by atoms with Crippen LogP contribution in [0.1, 0.15) is 32.8 Å². The molecule has 4 nitrogen and oxygen atoms in total. The van der Waals surface area contributed by atoms with Crippen molar-refractivity contribution in [2.24, 2.45) is 18.2 Å². The fourth-order valence-corrected chi connectivity index (χ4v) is 2.10. The van der Waals surface area contributed by atoms with E-state index in [1.165, 1.54) is 5.56 Å². The normalized spacial score (nSPS) is 14.3. The van der Waals surface area contributed by atoms with Crippen LogP contribution in [0.5, 0.6) is 0 Å². The monoisotopic (exact) mass is 238 g/mol. The molecular weight excluding hydrogens is 212 g/mol. The maximum atomic E-state index is 5.88. The number of rotatable bonds is 5. The molecule has 0 amide bonds. The highest BCUT2D eigenvalue weighted by atomic mass is 15.2. The lowest BCUT2D eigenvalue weighted by Gasteiger charge is -2.32. The molecule has 0 spiro atoms. The van der Waals surface area contributed by atoms with Crippen LogP contribution < -0.4 is 5.73 Å². The van der Waals surface area contributed by atoms with Crippen LogP contribution in [-0.2, 0) is 13.6 Å². The first kappa shape index (κ1) is 14.2. The Labute approximate surface area is 105 Å². The van der Waals surface area contributed by atoms with Gasteiger partial charge in [0.25, 0.3) is 0 Å². The Morgan fingerprint density at radius 3 is 2.53 bits per heavy atom. The molecule has 17 heavy (non-hydrogen) atoms. The zero-order chi connectivity index (χ0) is 13.1. The lowest BCUT2D eigenvalue weighted by atomic mass is 9.87. The highest BCUT2D eigenvalue weighted by Crippen LogP contribution is 2.23. The van der Waals surface area contributed by atoms with Gasteiger partial charge in [-0.25, -0.2) is 0 Å². The third-order valence-corrected chi connectivity index (χ3v) is 2.93. The van der Waals surface area contributed by atoms with Gasteiger partial charge < -0.3 is 5.73 Å². The summed E-state index contributed by atoms with van der Waals surface area (Å²) in [5, 5.41) is 4.19. The number of likely N-dealkylation sites (N-methyl/N-ethyl adjacent to an activating group) is 1. The largest absolute Gasteiger partial charge is 0.329 e. The average molecular weight is 238 g/mol. The van der Waals surface area contributed by atoms with Gasteiger partial charge in [0.1, 0.15) is 0 Å². The van der Waals surface area contributed by atoms with E-state index >= 15 is 0 Å². The minimum absolute atomic E-state index is 0.313. The van der Waals surface area contributed by atoms with E-state index in [-0.39, 0.29) is 0 Å². The molecule has 1 aromatic heterocycles. The van der Waals surface area contributed by atoms with Crippen LogP contribution in [-0.4, -0.2) is 34.3 Å². The van der Waals surface area contributed by atoms with Gasteiger partial charge in [-0.15, -0.1) is 0 Å². The molecular formula is C13H26N4. The molecule has 0 aliphatic carbocycles. The molecule has 0 fully saturated rings. The highest BCUT2D eigenvalue weighted by molar-refractivity contribution is 5.03. The summed E-state index contributed by atoms with van der Waals surface area (Å²) in [5.74, 6) is 0. The number of hydrogen-bond donors (Lipinski definition) is 1. The summed E-state index contributed by atoms with van der Waals surface area (Å²) in [6, 6.07) is 0.426. The van der Waals surface area contributed by atoms with E-state index in [0.29, 0.717) is 18.0 Å². The van der Waals surface area contributed by atoms with Crippen molar-refractivity contribution >= 4 is 0 Å². The second kappa shape index (κ2) is 5.65. The van der Waals surface area contributed by atoms with Gasteiger partial charge in [0.05, 0.1) is 6.20 Å². The SMILES string of the molecule is CN(Cc1cnn(C)c1)C(CN)CC(C)(C)C. The number of aryl methyl sites for hydroxylation is 1. The Morgan fingerprint density at radius 1 is 1.47 bits per heavy atom. The van der Waals surface area contributed by atoms with E-state index in [9.17, 15) is 0 Å². The third-order valence-electron chi connectivity index (χ3n) is 2.93. The van der Waals surface area contributed by atoms with Gasteiger partial charge in [-0.1, -0.05) is 20.8 Å². The van der Waals surface area contributed by atoms with Gasteiger partial charge in [-0.3, -0.25) is 9.58 Å². The first-order valence-corrected chi connectivity index (χ1v) is 6.19. The molecule has 0 aliphatic rings. The molecule has 0 radical (unpaired) electrons. The van der Waals surface area contributed by atoms with Crippen LogP contribution in [0.3, 0.4) is 0 Å². The second-order valence-corrected chi connectivity index (χ2v) is 6.09. The van der Waals surface area contributed by atoms with Crippen LogP contribution in [0, 0.1) is 5.41 Å². The summed E-state index contributed by atoms with van der Waals surface area (Å²) < 4.78 is 1.84. The molecule has 0 bridgehead atoms. The van der Waals surface area contributed by atoms with Crippen LogP contribution in [0.4, 0.5) is 0 Å². The van der Waals surface area contributed by atoms with E-state index in [1.54, 1.807) is 0 Å². The van der Waals surface area contributed by atoms with Gasteiger partial charge in [-0.2, -0.15) is 5.10 Å². The first-order valence-electron chi connectivity index (χ1n) is 6.19. The molecule has 2 N–H and O–H groups in total. The predicted molar refractivity (Wildman–Crippen MR) is 71.6 cm³/mol. The first-order chi connectivity index (χ1) is 7.81. The van der Waals surface area contributed by atoms with Crippen molar-refractivity contribution in [3.63, 3.8) is 0 Å². The minimum atomic E-state index is 0.313. The number of aromatic nitrogens is 2. The molecule has 0 aromatic carbocycles. The van der Waals surface area contributed by atoms with E-state index in [0.717, 1.165) is 13.0 Å². The third kappa shape index (κ3) is 4.88. The Kier molecular flexibility index (Phi) is 4.71. The maximum absolute atomic E-state index is 5.88. The van der Waals surface area contributed by atoms with Crippen molar-refractivity contribution in [2.45, 2.75) is 39.8 Å². The second-order valence-electron chi connectivity index (χ2n) is 6.09. The molecule has 0 saturated heterocycles. The molecule has 1 unspecified atom stereocenters. The molecule has 1 rings (SSSR count). The standard InChI is InChI=1S/C13H26N4/c1-13(2,3)6-12(7-14)16(4)9-11-8-15-17(5)10-11/h8,10,12H,6-7,9,14H2,1-5H3. The molecule has 1 heterocycles. The molecule has 4 heteroatoms. The summed E-state index contributed by atoms with van der Waals surface area (Å²) in [6.07, 6.45) is 5.09. The van der Waals surface area contributed by atoms with Crippen molar-refractivity contribution in [3.05, 3.63) is 18.0 Å². The number of nitrogens with two attached hydrogens (primary N) is 1. The smallest absolute Gasteiger partial charge is 0.0534 e. The lowest BCUT2D eigenvalue weighted by Crippen LogP contribution is -2.40. The average Bonchev–Trinajstić information content (AvgIpc) is 2.59. The fraction of sp³-hybridized carbons (Fsp3) is 0.769. The van der Waals surface area contributed by atoms with E-state index in [4.69, 9.17) is 5.73 Å². The molecule has 1 atom stereocenters. The van der Waals surface area contributed by atoms with Gasteiger partial charge >= 0.3 is 0 Å². The summed E-state index contributed by atoms with van der Waals surface area (Å²) in [6.45, 7) is 8.38. The van der Waals surface area contributed by atoms with Crippen LogP contribution in [0.15, 0.2) is 12.4 Å². The minimum Gasteiger partial charge on any atom is -0.329 e. The quantitative estimate of drug-likeness (QED) is 0.848. The van der Waals surface area contributed by atoms with Crippen molar-refractivity contribution < 1.29 is 0 Å². The van der Waals surface area contributed by atoms with Gasteiger partial charge in [-0.05, 0) is 18.9 Å². The summed E-state index contributed by atoms with van der Waals surface area (Å²) in [5.41, 5.74) is 7.43. The predicted octanol–water partition coefficient (Wildman–Crippen LogP) is 1.62. The van der Waals surface area contributed by atoms with Crippen LogP contribution >= 0.6 is 0 Å². The van der Waals surface area contributed by atoms with Gasteiger partial charge in [0.2, 0.25) is 0 Å². The summed E-state index contributed by atoms with van der Waals surface area (Å²) >= 11 is 0. The maximum Gasteiger partial charge on any atom is 0.0534 e. The van der Waals surface area contributed by atoms with E-state index in [2.05, 4.69) is 44.0 Å². The Balaban J connectivity index is 2.57. The van der Waals surface area contributed by atoms with Gasteiger partial charge in [0.15, 0.2) is 0 Å². The van der Waals surface area contributed by atoms with Crippen LogP contribution in [0.2, 0.25) is 0 Å². The molecule has 98 valence electrons. The zero-order valence-electron chi connectivity index (χ0n) is 11.8. The Morgan fingerprint density at radius 2 is 2.12 bits per heavy atom. The molecule has 0 saturated carbocycles. The van der Waals surface area contributed by atoms with Crippen LogP contribution in [0.25, 0.3) is 0 Å². The topological polar surface area (TPSA) is 47.1 Å². The van der Waals surface area contributed by atoms with E-state index < -0.39 is 0 Å². The zero-order valence-corrected chi connectivity index (χ0v) is 11.8. The molecule has 0 aliphatic heterocycles.